The van der Waals surface area contributed by atoms with E-state index >= 15 is 0 Å². The molecule has 0 aliphatic carbocycles. The van der Waals surface area contributed by atoms with E-state index in [2.05, 4.69) is 0 Å². The van der Waals surface area contributed by atoms with Crippen molar-refractivity contribution < 1.29 is 131 Å². The lowest BCUT2D eigenvalue weighted by atomic mass is 9.96. The Morgan fingerprint density at radius 2 is 0.636 bits per heavy atom. The summed E-state index contributed by atoms with van der Waals surface area (Å²) < 4.78 is 60.2. The van der Waals surface area contributed by atoms with E-state index in [9.17, 15) is 69.0 Å². The van der Waals surface area contributed by atoms with Crippen molar-refractivity contribution in [2.45, 2.75) is 61.4 Å². The van der Waals surface area contributed by atoms with Crippen LogP contribution in [0.3, 0.4) is 0 Å². The van der Waals surface area contributed by atoms with E-state index in [1.165, 1.54) is 0 Å². The van der Waals surface area contributed by atoms with Crippen molar-refractivity contribution >= 4 is 47.8 Å². The highest BCUT2D eigenvalue weighted by Gasteiger charge is 2.55. The molecule has 2 heterocycles. The first-order chi connectivity index (χ1) is 25.9. The standard InChI is InChI=1S/C28H38O27/c29-13(30)3-45-1-11-21(47-5-15(33)34)23(48-6-16(35)36)26(51-9-19(41)42)28(54-11)55-22-12(2-46-4-14(31)32)53-27(52-10-20(43)44)25(50-8-18(39)40)24(22)49-7-17(37)38/h11-12,21-28H,1-10H2,(H,29,30)(H,31,32)(H,33,34)(H,35,36)(H,37,38)(H,39,40)(H,41,42)(H,43,44)/t11?,12?,21?,22-,23?,24?,25?,26?,27?,28-/m0/s1. The minimum absolute atomic E-state index is 0.782. The number of carbonyl (C=O) groups is 8. The van der Waals surface area contributed by atoms with Gasteiger partial charge >= 0.3 is 47.8 Å². The van der Waals surface area contributed by atoms with E-state index in [0.717, 1.165) is 0 Å². The third kappa shape index (κ3) is 16.7. The second kappa shape index (κ2) is 23.3. The van der Waals surface area contributed by atoms with Crippen LogP contribution in [0.1, 0.15) is 0 Å². The molecule has 10 atom stereocenters. The first kappa shape index (κ1) is 46.5. The maximum Gasteiger partial charge on any atom is 0.329 e. The zero-order valence-corrected chi connectivity index (χ0v) is 28.2. The van der Waals surface area contributed by atoms with Crippen LogP contribution in [0.5, 0.6) is 0 Å². The summed E-state index contributed by atoms with van der Waals surface area (Å²) in [5.74, 6) is -12.6. The Labute approximate surface area is 306 Å². The Kier molecular flexibility index (Phi) is 19.7. The first-order valence-electron chi connectivity index (χ1n) is 15.4. The predicted octanol–water partition coefficient (Wildman–Crippen LogP) is -4.53. The van der Waals surface area contributed by atoms with Gasteiger partial charge in [0, 0.05) is 0 Å². The summed E-state index contributed by atoms with van der Waals surface area (Å²) in [5, 5.41) is 74.3. The number of hydrogen-bond donors (Lipinski definition) is 8. The summed E-state index contributed by atoms with van der Waals surface area (Å²) >= 11 is 0. The van der Waals surface area contributed by atoms with Gasteiger partial charge in [-0.25, -0.2) is 38.4 Å². The van der Waals surface area contributed by atoms with Gasteiger partial charge in [-0.05, 0) is 0 Å². The van der Waals surface area contributed by atoms with Crippen molar-refractivity contribution in [1.29, 1.82) is 0 Å². The molecule has 0 aromatic rings. The molecule has 0 amide bonds. The summed E-state index contributed by atoms with van der Waals surface area (Å²) in [6.45, 7) is -10.5. The quantitative estimate of drug-likeness (QED) is 0.0369. The number of carboxylic acids is 8. The van der Waals surface area contributed by atoms with Gasteiger partial charge in [0.2, 0.25) is 0 Å². The summed E-state index contributed by atoms with van der Waals surface area (Å²) in [7, 11) is 0. The second-order valence-electron chi connectivity index (χ2n) is 11.1. The topological polar surface area (TPSA) is 400 Å². The summed E-state index contributed by atoms with van der Waals surface area (Å²) in [6.07, 6.45) is -18.7. The normalized spacial score (nSPS) is 27.9. The average molecular weight is 807 g/mol. The highest BCUT2D eigenvalue weighted by atomic mass is 16.8. The Hall–Kier alpha value is -4.68. The molecule has 0 spiro atoms. The molecular weight excluding hydrogens is 768 g/mol. The van der Waals surface area contributed by atoms with Gasteiger partial charge in [0.15, 0.2) is 12.6 Å². The van der Waals surface area contributed by atoms with Crippen molar-refractivity contribution in [3.8, 4) is 0 Å². The molecule has 312 valence electrons. The number of rotatable bonds is 28. The Balaban J connectivity index is 2.77. The van der Waals surface area contributed by atoms with Crippen molar-refractivity contribution in [2.75, 3.05) is 66.1 Å². The minimum atomic E-state index is -2.09. The van der Waals surface area contributed by atoms with E-state index in [4.69, 9.17) is 62.3 Å². The van der Waals surface area contributed by atoms with Gasteiger partial charge in [0.05, 0.1) is 13.2 Å². The van der Waals surface area contributed by atoms with E-state index < -0.39 is 175 Å². The molecule has 0 aromatic carbocycles. The first-order valence-corrected chi connectivity index (χ1v) is 15.4. The maximum atomic E-state index is 11.6. The maximum absolute atomic E-state index is 11.6. The van der Waals surface area contributed by atoms with Crippen molar-refractivity contribution in [3.63, 3.8) is 0 Å². The smallest absolute Gasteiger partial charge is 0.329 e. The fourth-order valence-corrected chi connectivity index (χ4v) is 5.04. The molecule has 0 saturated carbocycles. The summed E-state index contributed by atoms with van der Waals surface area (Å²) in [5.41, 5.74) is 0. The van der Waals surface area contributed by atoms with Crippen molar-refractivity contribution in [3.05, 3.63) is 0 Å². The van der Waals surface area contributed by atoms with Gasteiger partial charge < -0.3 is 93.0 Å². The zero-order valence-electron chi connectivity index (χ0n) is 28.2. The van der Waals surface area contributed by atoms with Crippen LogP contribution in [0.25, 0.3) is 0 Å². The molecule has 2 aliphatic rings. The lowest BCUT2D eigenvalue weighted by Gasteiger charge is -2.49. The molecule has 2 rings (SSSR count). The Bertz CT molecular complexity index is 1340. The largest absolute Gasteiger partial charge is 0.480 e. The minimum Gasteiger partial charge on any atom is -0.480 e. The van der Waals surface area contributed by atoms with Crippen LogP contribution in [0.2, 0.25) is 0 Å². The van der Waals surface area contributed by atoms with E-state index in [0.29, 0.717) is 0 Å². The Morgan fingerprint density at radius 1 is 0.345 bits per heavy atom. The molecule has 2 saturated heterocycles. The van der Waals surface area contributed by atoms with Gasteiger partial charge in [0.25, 0.3) is 0 Å². The molecule has 27 heteroatoms. The molecule has 8 N–H and O–H groups in total. The molecule has 2 aliphatic heterocycles. The summed E-state index contributed by atoms with van der Waals surface area (Å²) in [6, 6.07) is 0. The molecular formula is C28H38O27. The molecule has 0 radical (unpaired) electrons. The van der Waals surface area contributed by atoms with Gasteiger partial charge in [-0.1, -0.05) is 0 Å². The molecule has 27 nitrogen and oxygen atoms in total. The monoisotopic (exact) mass is 806 g/mol. The zero-order chi connectivity index (χ0) is 41.2. The number of aliphatic carboxylic acids is 8. The van der Waals surface area contributed by atoms with Crippen LogP contribution in [0, 0.1) is 0 Å². The molecule has 0 bridgehead atoms. The van der Waals surface area contributed by atoms with E-state index in [1.807, 2.05) is 0 Å². The molecule has 0 aromatic heterocycles. The van der Waals surface area contributed by atoms with Crippen LogP contribution in [-0.4, -0.2) is 216 Å². The van der Waals surface area contributed by atoms with Gasteiger partial charge in [0.1, 0.15) is 102 Å². The lowest BCUT2D eigenvalue weighted by Crippen LogP contribution is -2.67. The highest BCUT2D eigenvalue weighted by molar-refractivity contribution is 5.70. The fourth-order valence-electron chi connectivity index (χ4n) is 5.04. The van der Waals surface area contributed by atoms with Crippen LogP contribution in [0.15, 0.2) is 0 Å². The SMILES string of the molecule is O=C(O)COCC1O[C@@H](O[C@H]2C(COCC(=O)O)OC(OCC(=O)O)C(OCC(=O)O)C2OCC(=O)O)C(OCC(=O)O)C(OCC(=O)O)C1OCC(=O)O. The van der Waals surface area contributed by atoms with E-state index in [-0.39, 0.29) is 0 Å². The predicted molar refractivity (Wildman–Crippen MR) is 160 cm³/mol. The lowest BCUT2D eigenvalue weighted by molar-refractivity contribution is -0.372. The molecule has 55 heavy (non-hydrogen) atoms. The third-order valence-electron chi connectivity index (χ3n) is 6.86. The van der Waals surface area contributed by atoms with Crippen molar-refractivity contribution in [1.82, 2.24) is 0 Å². The van der Waals surface area contributed by atoms with Gasteiger partial charge in [-0.15, -0.1) is 0 Å². The van der Waals surface area contributed by atoms with Gasteiger partial charge in [-0.2, -0.15) is 0 Å². The number of ether oxygens (including phenoxy) is 11. The van der Waals surface area contributed by atoms with Crippen LogP contribution >= 0.6 is 0 Å². The van der Waals surface area contributed by atoms with Crippen LogP contribution in [-0.2, 0) is 90.5 Å². The van der Waals surface area contributed by atoms with Gasteiger partial charge in [-0.3, -0.25) is 0 Å². The number of hydrogen-bond acceptors (Lipinski definition) is 19. The Morgan fingerprint density at radius 3 is 1.04 bits per heavy atom. The second-order valence-corrected chi connectivity index (χ2v) is 11.1. The number of carboxylic acid groups (broad SMARTS) is 8. The molecule has 8 unspecified atom stereocenters. The molecule has 2 fully saturated rings. The highest BCUT2D eigenvalue weighted by Crippen LogP contribution is 2.35. The van der Waals surface area contributed by atoms with E-state index in [1.54, 1.807) is 0 Å². The average Bonchev–Trinajstić information content (AvgIpc) is 3.07. The van der Waals surface area contributed by atoms with Crippen LogP contribution < -0.4 is 0 Å². The fraction of sp³-hybridized carbons (Fsp3) is 0.714. The third-order valence-corrected chi connectivity index (χ3v) is 6.86. The van der Waals surface area contributed by atoms with Crippen molar-refractivity contribution in [2.24, 2.45) is 0 Å². The van der Waals surface area contributed by atoms with Crippen LogP contribution in [0.4, 0.5) is 0 Å². The summed E-state index contributed by atoms with van der Waals surface area (Å²) in [4.78, 5) is 91.5.